The molecule has 0 radical (unpaired) electrons. The van der Waals surface area contributed by atoms with Crippen LogP contribution < -0.4 is 5.32 Å². The van der Waals surface area contributed by atoms with E-state index in [1.165, 1.54) is 0 Å². The molecular formula is C21H17N3O2. The molecule has 0 bridgehead atoms. The summed E-state index contributed by atoms with van der Waals surface area (Å²) < 4.78 is 1.90. The van der Waals surface area contributed by atoms with Crippen LogP contribution in [0.3, 0.4) is 0 Å². The van der Waals surface area contributed by atoms with Crippen molar-refractivity contribution in [2.75, 3.05) is 0 Å². The number of imidazole rings is 1. The molecule has 1 heterocycles. The van der Waals surface area contributed by atoms with Crippen LogP contribution in [-0.4, -0.2) is 20.6 Å². The lowest BCUT2D eigenvalue weighted by Crippen LogP contribution is -2.23. The number of benzene rings is 3. The Morgan fingerprint density at radius 1 is 1.04 bits per heavy atom. The summed E-state index contributed by atoms with van der Waals surface area (Å²) in [6, 6.07) is 18.7. The number of para-hydroxylation sites is 1. The lowest BCUT2D eigenvalue weighted by atomic mass is 10.1. The fourth-order valence-electron chi connectivity index (χ4n) is 2.99. The average Bonchev–Trinajstić information content (AvgIpc) is 3.20. The van der Waals surface area contributed by atoms with E-state index in [9.17, 15) is 9.90 Å². The highest BCUT2D eigenvalue weighted by atomic mass is 16.3. The van der Waals surface area contributed by atoms with Crippen LogP contribution in [0.4, 0.5) is 0 Å². The van der Waals surface area contributed by atoms with Gasteiger partial charge in [0.15, 0.2) is 0 Å². The van der Waals surface area contributed by atoms with Gasteiger partial charge in [-0.3, -0.25) is 4.79 Å². The van der Waals surface area contributed by atoms with Crippen molar-refractivity contribution in [2.45, 2.75) is 6.54 Å². The minimum atomic E-state index is -0.311. The molecule has 128 valence electrons. The number of aromatic hydroxyl groups is 1. The van der Waals surface area contributed by atoms with Crippen LogP contribution in [0.2, 0.25) is 0 Å². The number of nitrogens with one attached hydrogen (secondary N) is 1. The second-order valence-corrected chi connectivity index (χ2v) is 6.00. The molecule has 0 fully saturated rings. The maximum absolute atomic E-state index is 12.6. The van der Waals surface area contributed by atoms with Gasteiger partial charge in [-0.1, -0.05) is 42.5 Å². The van der Waals surface area contributed by atoms with Gasteiger partial charge in [-0.25, -0.2) is 4.98 Å². The monoisotopic (exact) mass is 343 g/mol. The lowest BCUT2D eigenvalue weighted by molar-refractivity contribution is 0.0948. The van der Waals surface area contributed by atoms with Crippen LogP contribution in [0.1, 0.15) is 15.9 Å². The molecule has 4 aromatic rings. The molecule has 0 aliphatic rings. The van der Waals surface area contributed by atoms with Crippen molar-refractivity contribution in [1.82, 2.24) is 14.9 Å². The van der Waals surface area contributed by atoms with Gasteiger partial charge in [0.2, 0.25) is 0 Å². The summed E-state index contributed by atoms with van der Waals surface area (Å²) in [7, 11) is 0. The van der Waals surface area contributed by atoms with Gasteiger partial charge in [0, 0.05) is 18.9 Å². The van der Waals surface area contributed by atoms with E-state index >= 15 is 0 Å². The summed E-state index contributed by atoms with van der Waals surface area (Å²) >= 11 is 0. The van der Waals surface area contributed by atoms with Gasteiger partial charge in [-0.05, 0) is 34.5 Å². The Labute approximate surface area is 150 Å². The predicted molar refractivity (Wildman–Crippen MR) is 100 cm³/mol. The first-order valence-corrected chi connectivity index (χ1v) is 8.28. The molecule has 2 N–H and O–H groups in total. The van der Waals surface area contributed by atoms with Crippen molar-refractivity contribution >= 4 is 16.7 Å². The largest absolute Gasteiger partial charge is 0.507 e. The Hall–Kier alpha value is -3.60. The van der Waals surface area contributed by atoms with Gasteiger partial charge in [-0.15, -0.1) is 0 Å². The van der Waals surface area contributed by atoms with Crippen LogP contribution >= 0.6 is 0 Å². The van der Waals surface area contributed by atoms with E-state index in [0.717, 1.165) is 22.0 Å². The molecule has 1 amide bonds. The molecule has 5 heteroatoms. The zero-order chi connectivity index (χ0) is 17.9. The zero-order valence-electron chi connectivity index (χ0n) is 14.0. The summed E-state index contributed by atoms with van der Waals surface area (Å²) in [5.74, 6) is -0.335. The summed E-state index contributed by atoms with van der Waals surface area (Å²) in [5.41, 5.74) is 2.18. The smallest absolute Gasteiger partial charge is 0.255 e. The molecule has 4 rings (SSSR count). The number of amides is 1. The molecule has 0 aliphatic heterocycles. The Bertz CT molecular complexity index is 1070. The highest BCUT2D eigenvalue weighted by molar-refractivity contribution is 6.01. The number of aromatic nitrogens is 2. The van der Waals surface area contributed by atoms with Crippen molar-refractivity contribution in [2.24, 2.45) is 0 Å². The second kappa shape index (κ2) is 6.72. The summed E-state index contributed by atoms with van der Waals surface area (Å²) in [6.45, 7) is 0.347. The van der Waals surface area contributed by atoms with Gasteiger partial charge in [0.1, 0.15) is 5.75 Å². The third kappa shape index (κ3) is 3.02. The van der Waals surface area contributed by atoms with Crippen molar-refractivity contribution in [3.8, 4) is 11.4 Å². The van der Waals surface area contributed by atoms with Crippen LogP contribution in [-0.2, 0) is 6.54 Å². The first-order chi connectivity index (χ1) is 12.7. The minimum absolute atomic E-state index is 0.0240. The maximum Gasteiger partial charge on any atom is 0.255 e. The van der Waals surface area contributed by atoms with E-state index in [4.69, 9.17) is 0 Å². The number of phenols is 1. The molecule has 0 saturated carbocycles. The second-order valence-electron chi connectivity index (χ2n) is 6.00. The highest BCUT2D eigenvalue weighted by Gasteiger charge is 2.13. The number of fused-ring (bicyclic) bond motifs is 1. The minimum Gasteiger partial charge on any atom is -0.507 e. The molecule has 0 spiro atoms. The van der Waals surface area contributed by atoms with Gasteiger partial charge in [0.05, 0.1) is 17.6 Å². The van der Waals surface area contributed by atoms with Crippen molar-refractivity contribution < 1.29 is 9.90 Å². The number of hydrogen-bond acceptors (Lipinski definition) is 3. The maximum atomic E-state index is 12.6. The molecule has 1 aromatic heterocycles. The van der Waals surface area contributed by atoms with Gasteiger partial charge < -0.3 is 15.0 Å². The van der Waals surface area contributed by atoms with E-state index in [2.05, 4.69) is 10.3 Å². The molecule has 0 atom stereocenters. The number of hydrogen-bond donors (Lipinski definition) is 2. The number of rotatable bonds is 4. The van der Waals surface area contributed by atoms with E-state index in [-0.39, 0.29) is 17.2 Å². The fraction of sp³-hybridized carbons (Fsp3) is 0.0476. The summed E-state index contributed by atoms with van der Waals surface area (Å²) in [6.07, 6.45) is 5.29. The Balaban J connectivity index is 1.58. The van der Waals surface area contributed by atoms with Gasteiger partial charge in [0.25, 0.3) is 5.91 Å². The summed E-state index contributed by atoms with van der Waals surface area (Å²) in [4.78, 5) is 16.7. The Morgan fingerprint density at radius 2 is 1.77 bits per heavy atom. The van der Waals surface area contributed by atoms with Crippen molar-refractivity contribution in [3.63, 3.8) is 0 Å². The van der Waals surface area contributed by atoms with Crippen molar-refractivity contribution in [1.29, 1.82) is 0 Å². The molecule has 0 aliphatic carbocycles. The van der Waals surface area contributed by atoms with E-state index in [1.54, 1.807) is 24.7 Å². The molecular weight excluding hydrogens is 326 g/mol. The topological polar surface area (TPSA) is 67.2 Å². The highest BCUT2D eigenvalue weighted by Crippen LogP contribution is 2.25. The van der Waals surface area contributed by atoms with Crippen LogP contribution in [0.15, 0.2) is 79.4 Å². The number of carbonyl (C=O) groups is 1. The third-order valence-electron chi connectivity index (χ3n) is 4.32. The molecule has 26 heavy (non-hydrogen) atoms. The first kappa shape index (κ1) is 15.9. The van der Waals surface area contributed by atoms with E-state index < -0.39 is 0 Å². The summed E-state index contributed by atoms with van der Waals surface area (Å²) in [5, 5.41) is 14.9. The first-order valence-electron chi connectivity index (χ1n) is 8.28. The van der Waals surface area contributed by atoms with Crippen LogP contribution in [0.5, 0.6) is 5.75 Å². The number of carbonyl (C=O) groups excluding carboxylic acids is 1. The average molecular weight is 343 g/mol. The van der Waals surface area contributed by atoms with Gasteiger partial charge in [-0.2, -0.15) is 0 Å². The van der Waals surface area contributed by atoms with Crippen LogP contribution in [0, 0.1) is 0 Å². The number of nitrogens with zero attached hydrogens (tertiary/aromatic N) is 2. The standard InChI is InChI=1S/C21H17N3O2/c25-20-12-16-6-2-1-5-15(16)11-18(20)21(26)23-13-17-7-3-4-8-19(17)24-10-9-22-14-24/h1-12,14,25H,13H2,(H,23,26). The SMILES string of the molecule is O=C(NCc1ccccc1-n1ccnc1)c1cc2ccccc2cc1O. The third-order valence-corrected chi connectivity index (χ3v) is 4.32. The van der Waals surface area contributed by atoms with Crippen LogP contribution in [0.25, 0.3) is 16.5 Å². The van der Waals surface area contributed by atoms with Gasteiger partial charge >= 0.3 is 0 Å². The Morgan fingerprint density at radius 3 is 2.54 bits per heavy atom. The quantitative estimate of drug-likeness (QED) is 0.594. The zero-order valence-corrected chi connectivity index (χ0v) is 14.0. The fourth-order valence-corrected chi connectivity index (χ4v) is 2.99. The molecule has 3 aromatic carbocycles. The van der Waals surface area contributed by atoms with Crippen molar-refractivity contribution in [3.05, 3.63) is 90.5 Å². The lowest BCUT2D eigenvalue weighted by Gasteiger charge is -2.12. The molecule has 0 saturated heterocycles. The Kier molecular flexibility index (Phi) is 4.11. The predicted octanol–water partition coefficient (Wildman–Crippen LogP) is 3.66. The molecule has 0 unspecified atom stereocenters. The van der Waals surface area contributed by atoms with E-state index in [0.29, 0.717) is 6.54 Å². The van der Waals surface area contributed by atoms with E-state index in [1.807, 2.05) is 59.3 Å². The number of phenolic OH excluding ortho intramolecular Hbond substituents is 1. The molecule has 5 nitrogen and oxygen atoms in total. The normalized spacial score (nSPS) is 10.8.